The number of β-amino-alcohol motifs (C(OH)–C–C–N with tert-alkyl or cyclic N) is 1. The van der Waals surface area contributed by atoms with E-state index in [4.69, 9.17) is 13.9 Å². The van der Waals surface area contributed by atoms with Gasteiger partial charge in [0.15, 0.2) is 0 Å². The van der Waals surface area contributed by atoms with Gasteiger partial charge in [0.1, 0.15) is 17.7 Å². The smallest absolute Gasteiger partial charge is 0.259 e. The molecule has 0 saturated carbocycles. The second-order valence-electron chi connectivity index (χ2n) is 9.41. The highest BCUT2D eigenvalue weighted by Gasteiger charge is 2.28. The van der Waals surface area contributed by atoms with Crippen molar-refractivity contribution in [1.29, 1.82) is 0 Å². The van der Waals surface area contributed by atoms with Crippen LogP contribution in [0.5, 0.6) is 5.75 Å². The topological polar surface area (TPSA) is 75.4 Å². The number of hydrogen-bond donors (Lipinski definition) is 1. The SMILES string of the molecule is CCCCCCOc1ccccc1C(=O)N(Cc1ccc(-c2ccco2)cc1)C(O)CN1CCOCC1. The van der Waals surface area contributed by atoms with E-state index in [1.165, 1.54) is 11.3 Å². The standard InChI is InChI=1S/C30H38N2O5/c1-2-3-4-7-18-37-28-10-6-5-9-26(28)30(34)32(29(33)23-31-16-20-35-21-17-31)22-24-12-14-25(15-13-24)27-11-8-19-36-27/h5-6,8-15,19,29,33H,2-4,7,16-18,20-23H2,1H3. The van der Waals surface area contributed by atoms with Gasteiger partial charge in [-0.15, -0.1) is 0 Å². The summed E-state index contributed by atoms with van der Waals surface area (Å²) < 4.78 is 17.0. The molecule has 0 radical (unpaired) electrons. The Hall–Kier alpha value is -3.13. The van der Waals surface area contributed by atoms with Crippen LogP contribution in [0, 0.1) is 0 Å². The van der Waals surface area contributed by atoms with Crippen molar-refractivity contribution in [2.75, 3.05) is 39.5 Å². The number of ether oxygens (including phenoxy) is 2. The molecule has 0 aliphatic carbocycles. The molecule has 1 fully saturated rings. The average Bonchev–Trinajstić information content (AvgIpc) is 3.47. The first kappa shape index (κ1) is 26.9. The molecule has 7 nitrogen and oxygen atoms in total. The molecule has 3 aromatic rings. The molecule has 0 bridgehead atoms. The third kappa shape index (κ3) is 7.68. The third-order valence-corrected chi connectivity index (χ3v) is 6.63. The molecule has 1 unspecified atom stereocenters. The van der Waals surface area contributed by atoms with E-state index in [1.54, 1.807) is 12.3 Å². The highest BCUT2D eigenvalue weighted by atomic mass is 16.5. The van der Waals surface area contributed by atoms with Crippen LogP contribution in [0.2, 0.25) is 0 Å². The van der Waals surface area contributed by atoms with Crippen LogP contribution >= 0.6 is 0 Å². The van der Waals surface area contributed by atoms with E-state index < -0.39 is 6.23 Å². The molecule has 1 saturated heterocycles. The number of hydrogen-bond acceptors (Lipinski definition) is 6. The number of rotatable bonds is 13. The number of amides is 1. The zero-order valence-electron chi connectivity index (χ0n) is 21.7. The lowest BCUT2D eigenvalue weighted by molar-refractivity contribution is -0.0370. The van der Waals surface area contributed by atoms with Gasteiger partial charge in [0.05, 0.1) is 31.6 Å². The van der Waals surface area contributed by atoms with Crippen molar-refractivity contribution >= 4 is 5.91 Å². The van der Waals surface area contributed by atoms with E-state index in [-0.39, 0.29) is 12.5 Å². The molecule has 37 heavy (non-hydrogen) atoms. The summed E-state index contributed by atoms with van der Waals surface area (Å²) in [4.78, 5) is 17.5. The molecule has 4 rings (SSSR count). The average molecular weight is 507 g/mol. The molecule has 1 atom stereocenters. The molecule has 2 aromatic carbocycles. The minimum atomic E-state index is -0.979. The Balaban J connectivity index is 1.52. The Bertz CT molecular complexity index is 1080. The van der Waals surface area contributed by atoms with Crippen LogP contribution in [0.15, 0.2) is 71.3 Å². The quantitative estimate of drug-likeness (QED) is 0.254. The summed E-state index contributed by atoms with van der Waals surface area (Å²) in [6.07, 6.45) is 5.05. The van der Waals surface area contributed by atoms with Crippen LogP contribution in [0.25, 0.3) is 11.3 Å². The molecule has 7 heteroatoms. The van der Waals surface area contributed by atoms with Gasteiger partial charge in [-0.25, -0.2) is 0 Å². The molecule has 1 aliphatic rings. The summed E-state index contributed by atoms with van der Waals surface area (Å²) in [5.41, 5.74) is 2.34. The molecular formula is C30H38N2O5. The van der Waals surface area contributed by atoms with Crippen molar-refractivity contribution in [1.82, 2.24) is 9.80 Å². The molecule has 198 valence electrons. The van der Waals surface area contributed by atoms with E-state index in [2.05, 4.69) is 11.8 Å². The maximum absolute atomic E-state index is 13.9. The molecule has 0 spiro atoms. The predicted molar refractivity (Wildman–Crippen MR) is 143 cm³/mol. The van der Waals surface area contributed by atoms with Crippen molar-refractivity contribution in [3.05, 3.63) is 78.1 Å². The van der Waals surface area contributed by atoms with E-state index in [9.17, 15) is 9.90 Å². The minimum Gasteiger partial charge on any atom is -0.493 e. The number of aliphatic hydroxyl groups excluding tert-OH is 1. The van der Waals surface area contributed by atoms with Gasteiger partial charge in [-0.05, 0) is 36.2 Å². The van der Waals surface area contributed by atoms with Gasteiger partial charge >= 0.3 is 0 Å². The number of aliphatic hydroxyl groups is 1. The minimum absolute atomic E-state index is 0.250. The first-order chi connectivity index (χ1) is 18.2. The van der Waals surface area contributed by atoms with Gasteiger partial charge < -0.3 is 23.9 Å². The first-order valence-corrected chi connectivity index (χ1v) is 13.3. The fourth-order valence-electron chi connectivity index (χ4n) is 4.47. The molecule has 1 aliphatic heterocycles. The predicted octanol–water partition coefficient (Wildman–Crippen LogP) is 5.20. The van der Waals surface area contributed by atoms with Crippen molar-refractivity contribution in [3.63, 3.8) is 0 Å². The monoisotopic (exact) mass is 506 g/mol. The number of carbonyl (C=O) groups excluding carboxylic acids is 1. The number of morpholine rings is 1. The molecule has 1 N–H and O–H groups in total. The summed E-state index contributed by atoms with van der Waals surface area (Å²) in [6.45, 7) is 6.09. The Morgan fingerprint density at radius 3 is 2.54 bits per heavy atom. The summed E-state index contributed by atoms with van der Waals surface area (Å²) in [5, 5.41) is 11.3. The van der Waals surface area contributed by atoms with E-state index >= 15 is 0 Å². The van der Waals surface area contributed by atoms with Crippen LogP contribution < -0.4 is 4.74 Å². The fraction of sp³-hybridized carbons (Fsp3) is 0.433. The van der Waals surface area contributed by atoms with Crippen molar-refractivity contribution in [3.8, 4) is 17.1 Å². The van der Waals surface area contributed by atoms with Crippen LogP contribution in [0.1, 0.15) is 48.5 Å². The van der Waals surface area contributed by atoms with Crippen LogP contribution in [-0.4, -0.2) is 66.5 Å². The van der Waals surface area contributed by atoms with Gasteiger partial charge in [-0.1, -0.05) is 62.6 Å². The fourth-order valence-corrected chi connectivity index (χ4v) is 4.47. The Morgan fingerprint density at radius 2 is 1.81 bits per heavy atom. The van der Waals surface area contributed by atoms with Crippen LogP contribution in [0.3, 0.4) is 0 Å². The zero-order valence-corrected chi connectivity index (χ0v) is 21.7. The summed E-state index contributed by atoms with van der Waals surface area (Å²) in [5.74, 6) is 1.10. The number of unbranched alkanes of at least 4 members (excludes halogenated alkanes) is 3. The maximum Gasteiger partial charge on any atom is 0.259 e. The van der Waals surface area contributed by atoms with Gasteiger partial charge in [0.25, 0.3) is 5.91 Å². The number of para-hydroxylation sites is 1. The summed E-state index contributed by atoms with van der Waals surface area (Å²) >= 11 is 0. The zero-order chi connectivity index (χ0) is 25.9. The number of carbonyl (C=O) groups is 1. The van der Waals surface area contributed by atoms with Crippen molar-refractivity contribution in [2.24, 2.45) is 0 Å². The number of nitrogens with zero attached hydrogens (tertiary/aromatic N) is 2. The van der Waals surface area contributed by atoms with Gasteiger partial charge in [-0.2, -0.15) is 0 Å². The Morgan fingerprint density at radius 1 is 1.03 bits per heavy atom. The largest absolute Gasteiger partial charge is 0.493 e. The summed E-state index contributed by atoms with van der Waals surface area (Å²) in [6, 6.07) is 19.0. The third-order valence-electron chi connectivity index (χ3n) is 6.63. The maximum atomic E-state index is 13.9. The second kappa shape index (κ2) is 14.0. The lowest BCUT2D eigenvalue weighted by Gasteiger charge is -2.34. The van der Waals surface area contributed by atoms with Gasteiger partial charge in [-0.3, -0.25) is 9.69 Å². The van der Waals surface area contributed by atoms with Crippen LogP contribution in [0.4, 0.5) is 0 Å². The lowest BCUT2D eigenvalue weighted by Crippen LogP contribution is -2.49. The van der Waals surface area contributed by atoms with Crippen molar-refractivity contribution < 1.29 is 23.8 Å². The normalized spacial score (nSPS) is 14.9. The van der Waals surface area contributed by atoms with Gasteiger partial charge in [0.2, 0.25) is 0 Å². The van der Waals surface area contributed by atoms with E-state index in [1.807, 2.05) is 54.6 Å². The first-order valence-electron chi connectivity index (χ1n) is 13.3. The molecule has 2 heterocycles. The van der Waals surface area contributed by atoms with Gasteiger partial charge in [0, 0.05) is 31.7 Å². The summed E-state index contributed by atoms with van der Waals surface area (Å²) in [7, 11) is 0. The second-order valence-corrected chi connectivity index (χ2v) is 9.41. The van der Waals surface area contributed by atoms with E-state index in [0.29, 0.717) is 37.7 Å². The Kier molecular flexibility index (Phi) is 10.2. The molecular weight excluding hydrogens is 468 g/mol. The molecule has 1 aromatic heterocycles. The highest BCUT2D eigenvalue weighted by Crippen LogP contribution is 2.25. The molecule has 1 amide bonds. The number of benzene rings is 2. The van der Waals surface area contributed by atoms with Crippen molar-refractivity contribution in [2.45, 2.75) is 45.4 Å². The van der Waals surface area contributed by atoms with E-state index in [0.717, 1.165) is 49.2 Å². The highest BCUT2D eigenvalue weighted by molar-refractivity contribution is 5.97. The number of furan rings is 1. The van der Waals surface area contributed by atoms with Crippen LogP contribution in [-0.2, 0) is 11.3 Å². The Labute approximate surface area is 219 Å². The lowest BCUT2D eigenvalue weighted by atomic mass is 10.1.